The summed E-state index contributed by atoms with van der Waals surface area (Å²) < 4.78 is 3.10. The van der Waals surface area contributed by atoms with Crippen LogP contribution in [0, 0.1) is 0 Å². The third-order valence-corrected chi connectivity index (χ3v) is 8.17. The predicted octanol–water partition coefficient (Wildman–Crippen LogP) is 7.84. The number of fused-ring (bicyclic) bond motifs is 2. The van der Waals surface area contributed by atoms with Gasteiger partial charge in [-0.3, -0.25) is 14.5 Å². The van der Waals surface area contributed by atoms with Crippen molar-refractivity contribution in [3.63, 3.8) is 0 Å². The minimum absolute atomic E-state index is 0.242. The number of rotatable bonds is 5. The van der Waals surface area contributed by atoms with E-state index >= 15 is 0 Å². The first-order valence-corrected chi connectivity index (χ1v) is 13.2. The Balaban J connectivity index is 1.35. The molecule has 176 valence electrons. The summed E-state index contributed by atoms with van der Waals surface area (Å²) in [5, 5.41) is 3.25. The first kappa shape index (κ1) is 22.8. The fourth-order valence-electron chi connectivity index (χ4n) is 4.71. The molecule has 0 radical (unpaired) electrons. The molecule has 5 aromatic rings. The number of nitrogens with zero attached hydrogens (tertiary/aromatic N) is 2. The van der Waals surface area contributed by atoms with Crippen LogP contribution >= 0.6 is 27.7 Å². The second kappa shape index (κ2) is 9.45. The van der Waals surface area contributed by atoms with Crippen LogP contribution < -0.4 is 0 Å². The summed E-state index contributed by atoms with van der Waals surface area (Å²) in [4.78, 5) is 27.7. The zero-order chi connectivity index (χ0) is 24.6. The number of hydrogen-bond acceptors (Lipinski definition) is 3. The summed E-state index contributed by atoms with van der Waals surface area (Å²) in [6, 6.07) is 30.6. The highest BCUT2D eigenvalue weighted by atomic mass is 79.9. The Bertz CT molecular complexity index is 1680. The molecule has 0 bridgehead atoms. The van der Waals surface area contributed by atoms with E-state index < -0.39 is 0 Å². The van der Waals surface area contributed by atoms with Gasteiger partial charge in [-0.1, -0.05) is 94.8 Å². The zero-order valence-corrected chi connectivity index (χ0v) is 21.6. The number of halogens is 1. The van der Waals surface area contributed by atoms with Crippen LogP contribution in [-0.2, 0) is 17.9 Å². The van der Waals surface area contributed by atoms with Crippen molar-refractivity contribution < 1.29 is 9.59 Å². The number of carbonyl (C=O) groups is 2. The minimum atomic E-state index is -0.258. The van der Waals surface area contributed by atoms with Gasteiger partial charge in [0.05, 0.1) is 11.4 Å². The van der Waals surface area contributed by atoms with Crippen LogP contribution in [0.4, 0.5) is 4.79 Å². The van der Waals surface area contributed by atoms with Crippen molar-refractivity contribution in [2.45, 2.75) is 13.1 Å². The van der Waals surface area contributed by atoms with Crippen LogP contribution in [0.15, 0.2) is 107 Å². The number of para-hydroxylation sites is 1. The topological polar surface area (TPSA) is 42.3 Å². The number of imide groups is 1. The summed E-state index contributed by atoms with van der Waals surface area (Å²) >= 11 is 4.51. The Morgan fingerprint density at radius 1 is 0.750 bits per heavy atom. The Morgan fingerprint density at radius 3 is 2.31 bits per heavy atom. The Hall–Kier alpha value is -3.61. The van der Waals surface area contributed by atoms with Gasteiger partial charge < -0.3 is 4.57 Å². The van der Waals surface area contributed by atoms with Crippen molar-refractivity contribution >= 4 is 66.6 Å². The van der Waals surface area contributed by atoms with E-state index in [1.807, 2.05) is 42.5 Å². The van der Waals surface area contributed by atoms with Crippen LogP contribution in [-0.4, -0.2) is 20.6 Å². The van der Waals surface area contributed by atoms with Gasteiger partial charge in [-0.25, -0.2) is 0 Å². The average Bonchev–Trinajstić information content (AvgIpc) is 3.37. The maximum atomic E-state index is 13.2. The molecule has 0 aliphatic carbocycles. The summed E-state index contributed by atoms with van der Waals surface area (Å²) in [6.07, 6.45) is 3.93. The molecule has 1 fully saturated rings. The van der Waals surface area contributed by atoms with Gasteiger partial charge in [-0.15, -0.1) is 0 Å². The molecule has 6 rings (SSSR count). The molecule has 6 heteroatoms. The lowest BCUT2D eigenvalue weighted by Crippen LogP contribution is -2.27. The van der Waals surface area contributed by atoms with Crippen LogP contribution in [0.5, 0.6) is 0 Å². The van der Waals surface area contributed by atoms with E-state index in [1.54, 1.807) is 0 Å². The van der Waals surface area contributed by atoms with E-state index in [9.17, 15) is 9.59 Å². The molecule has 2 heterocycles. The molecule has 0 saturated carbocycles. The average molecular weight is 553 g/mol. The van der Waals surface area contributed by atoms with Gasteiger partial charge in [0.2, 0.25) is 0 Å². The molecule has 4 nitrogen and oxygen atoms in total. The molecule has 0 spiro atoms. The van der Waals surface area contributed by atoms with Gasteiger partial charge in [0.15, 0.2) is 0 Å². The van der Waals surface area contributed by atoms with Crippen molar-refractivity contribution in [3.8, 4) is 0 Å². The van der Waals surface area contributed by atoms with Gasteiger partial charge in [-0.2, -0.15) is 0 Å². The highest BCUT2D eigenvalue weighted by Gasteiger charge is 2.35. The van der Waals surface area contributed by atoms with E-state index in [2.05, 4.69) is 81.3 Å². The van der Waals surface area contributed by atoms with Crippen LogP contribution in [0.25, 0.3) is 27.8 Å². The molecule has 0 atom stereocenters. The Labute approximate surface area is 221 Å². The number of carbonyl (C=O) groups excluding carboxylic acids is 2. The first-order chi connectivity index (χ1) is 17.6. The minimum Gasteiger partial charge on any atom is -0.342 e. The lowest BCUT2D eigenvalue weighted by atomic mass is 10.0. The zero-order valence-electron chi connectivity index (χ0n) is 19.2. The van der Waals surface area contributed by atoms with Gasteiger partial charge in [0.25, 0.3) is 11.1 Å². The number of amides is 2. The normalized spacial score (nSPS) is 15.0. The lowest BCUT2D eigenvalue weighted by molar-refractivity contribution is -0.123. The third-order valence-electron chi connectivity index (χ3n) is 6.49. The maximum Gasteiger partial charge on any atom is 0.293 e. The number of hydrogen-bond donors (Lipinski definition) is 0. The van der Waals surface area contributed by atoms with Crippen molar-refractivity contribution in [1.82, 2.24) is 9.47 Å². The molecule has 2 amide bonds. The fourth-order valence-corrected chi connectivity index (χ4v) is 5.95. The molecular formula is C30H21BrN2O2S. The van der Waals surface area contributed by atoms with E-state index in [1.165, 1.54) is 21.2 Å². The standard InChI is InChI=1S/C30H21BrN2O2S/c31-26-14-5-2-9-22(26)19-33-29(34)28(36-30(33)35)16-23-18-32(27-15-6-4-13-25(23)27)17-21-11-7-10-20-8-1-3-12-24(20)21/h1-16,18H,17,19H2/b28-16-. The van der Waals surface area contributed by atoms with Gasteiger partial charge in [0.1, 0.15) is 0 Å². The monoisotopic (exact) mass is 552 g/mol. The molecule has 1 aliphatic rings. The fraction of sp³-hybridized carbons (Fsp3) is 0.0667. The molecule has 1 aromatic heterocycles. The second-order valence-electron chi connectivity index (χ2n) is 8.73. The van der Waals surface area contributed by atoms with Gasteiger partial charge in [-0.05, 0) is 51.9 Å². The summed E-state index contributed by atoms with van der Waals surface area (Å²) in [7, 11) is 0. The highest BCUT2D eigenvalue weighted by Crippen LogP contribution is 2.36. The Morgan fingerprint density at radius 2 is 1.44 bits per heavy atom. The van der Waals surface area contributed by atoms with Crippen LogP contribution in [0.1, 0.15) is 16.7 Å². The quantitative estimate of drug-likeness (QED) is 0.208. The molecular weight excluding hydrogens is 532 g/mol. The van der Waals surface area contributed by atoms with Crippen molar-refractivity contribution in [1.29, 1.82) is 0 Å². The number of benzene rings is 4. The molecule has 1 aliphatic heterocycles. The van der Waals surface area contributed by atoms with E-state index in [0.717, 1.165) is 38.3 Å². The summed E-state index contributed by atoms with van der Waals surface area (Å²) in [5.74, 6) is -0.258. The number of thioether (sulfide) groups is 1. The number of aromatic nitrogens is 1. The molecule has 4 aromatic carbocycles. The highest BCUT2D eigenvalue weighted by molar-refractivity contribution is 9.10. The second-order valence-corrected chi connectivity index (χ2v) is 10.6. The first-order valence-electron chi connectivity index (χ1n) is 11.6. The molecule has 0 N–H and O–H groups in total. The van der Waals surface area contributed by atoms with Crippen LogP contribution in [0.2, 0.25) is 0 Å². The lowest BCUT2D eigenvalue weighted by Gasteiger charge is -2.13. The van der Waals surface area contributed by atoms with E-state index in [-0.39, 0.29) is 17.7 Å². The van der Waals surface area contributed by atoms with Gasteiger partial charge in [0, 0.05) is 33.7 Å². The Kier molecular flexibility index (Phi) is 5.99. The third kappa shape index (κ3) is 4.16. The smallest absolute Gasteiger partial charge is 0.293 e. The largest absolute Gasteiger partial charge is 0.342 e. The summed E-state index contributed by atoms with van der Waals surface area (Å²) in [5.41, 5.74) is 4.14. The van der Waals surface area contributed by atoms with E-state index in [4.69, 9.17) is 0 Å². The maximum absolute atomic E-state index is 13.2. The SMILES string of the molecule is O=C1S/C(=C\c2cn(Cc3cccc4ccccc34)c3ccccc23)C(=O)N1Cc1ccccc1Br. The summed E-state index contributed by atoms with van der Waals surface area (Å²) in [6.45, 7) is 0.950. The van der Waals surface area contributed by atoms with Crippen molar-refractivity contribution in [2.24, 2.45) is 0 Å². The predicted molar refractivity (Wildman–Crippen MR) is 151 cm³/mol. The van der Waals surface area contributed by atoms with Crippen molar-refractivity contribution in [2.75, 3.05) is 0 Å². The van der Waals surface area contributed by atoms with E-state index in [0.29, 0.717) is 11.4 Å². The van der Waals surface area contributed by atoms with Gasteiger partial charge >= 0.3 is 0 Å². The van der Waals surface area contributed by atoms with Crippen LogP contribution in [0.3, 0.4) is 0 Å². The molecule has 0 unspecified atom stereocenters. The van der Waals surface area contributed by atoms with Crippen molar-refractivity contribution in [3.05, 3.63) is 123 Å². The molecule has 36 heavy (non-hydrogen) atoms. The molecule has 1 saturated heterocycles.